The van der Waals surface area contributed by atoms with Gasteiger partial charge in [0.25, 0.3) is 5.91 Å². The van der Waals surface area contributed by atoms with E-state index < -0.39 is 0 Å². The van der Waals surface area contributed by atoms with Crippen molar-refractivity contribution < 1.29 is 4.79 Å². The molecule has 0 unspecified atom stereocenters. The highest BCUT2D eigenvalue weighted by atomic mass is 35.5. The molecule has 5 heteroatoms. The van der Waals surface area contributed by atoms with Gasteiger partial charge in [-0.05, 0) is 41.5 Å². The number of aryl methyl sites for hydroxylation is 1. The molecule has 1 heterocycles. The van der Waals surface area contributed by atoms with Gasteiger partial charge in [0.05, 0.1) is 10.2 Å². The summed E-state index contributed by atoms with van der Waals surface area (Å²) in [5.41, 5.74) is 3.77. The van der Waals surface area contributed by atoms with Crippen molar-refractivity contribution in [1.29, 1.82) is 0 Å². The first-order chi connectivity index (χ1) is 12.6. The van der Waals surface area contributed by atoms with Gasteiger partial charge in [0.2, 0.25) is 0 Å². The molecule has 4 aromatic rings. The number of thiazole rings is 1. The Morgan fingerprint density at radius 1 is 0.962 bits per heavy atom. The van der Waals surface area contributed by atoms with E-state index in [9.17, 15) is 4.79 Å². The number of aromatic nitrogens is 1. The van der Waals surface area contributed by atoms with Crippen molar-refractivity contribution in [2.45, 2.75) is 0 Å². The van der Waals surface area contributed by atoms with Gasteiger partial charge in [0.15, 0.2) is 4.80 Å². The first-order valence-corrected chi connectivity index (χ1v) is 9.31. The molecule has 0 radical (unpaired) electrons. The van der Waals surface area contributed by atoms with Crippen LogP contribution in [0.25, 0.3) is 21.3 Å². The van der Waals surface area contributed by atoms with Crippen LogP contribution in [0.5, 0.6) is 0 Å². The molecule has 0 saturated heterocycles. The molecule has 0 saturated carbocycles. The van der Waals surface area contributed by atoms with E-state index in [2.05, 4.69) is 4.99 Å². The Morgan fingerprint density at radius 2 is 1.65 bits per heavy atom. The van der Waals surface area contributed by atoms with E-state index in [4.69, 9.17) is 11.6 Å². The predicted molar refractivity (Wildman–Crippen MR) is 108 cm³/mol. The zero-order valence-corrected chi connectivity index (χ0v) is 15.6. The minimum Gasteiger partial charge on any atom is -0.319 e. The average molecular weight is 379 g/mol. The van der Waals surface area contributed by atoms with Crippen LogP contribution in [0, 0.1) is 0 Å². The normalized spacial score (nSPS) is 11.8. The molecule has 3 aromatic carbocycles. The van der Waals surface area contributed by atoms with Gasteiger partial charge in [-0.15, -0.1) is 0 Å². The number of carbonyl (C=O) groups excluding carboxylic acids is 1. The molecule has 0 aliphatic rings. The molecule has 1 amide bonds. The van der Waals surface area contributed by atoms with E-state index in [-0.39, 0.29) is 5.91 Å². The van der Waals surface area contributed by atoms with Crippen LogP contribution < -0.4 is 4.80 Å². The van der Waals surface area contributed by atoms with E-state index in [0.717, 1.165) is 21.3 Å². The second-order valence-electron chi connectivity index (χ2n) is 5.92. The highest BCUT2D eigenvalue weighted by Gasteiger charge is 2.08. The maximum Gasteiger partial charge on any atom is 0.279 e. The van der Waals surface area contributed by atoms with Crippen LogP contribution in [-0.2, 0) is 7.05 Å². The Morgan fingerprint density at radius 3 is 2.38 bits per heavy atom. The van der Waals surface area contributed by atoms with Gasteiger partial charge in [0.1, 0.15) is 0 Å². The number of nitrogens with zero attached hydrogens (tertiary/aromatic N) is 2. The lowest BCUT2D eigenvalue weighted by atomic mass is 10.0. The van der Waals surface area contributed by atoms with Crippen LogP contribution in [-0.4, -0.2) is 10.5 Å². The molecular formula is C21H15ClN2OS. The Hall–Kier alpha value is -2.69. The maximum absolute atomic E-state index is 12.6. The minimum atomic E-state index is -0.252. The van der Waals surface area contributed by atoms with Crippen molar-refractivity contribution in [3.8, 4) is 11.1 Å². The summed E-state index contributed by atoms with van der Waals surface area (Å²) < 4.78 is 2.91. The quantitative estimate of drug-likeness (QED) is 0.466. The summed E-state index contributed by atoms with van der Waals surface area (Å²) in [6, 6.07) is 23.3. The van der Waals surface area contributed by atoms with Crippen molar-refractivity contribution >= 4 is 39.1 Å². The smallest absolute Gasteiger partial charge is 0.279 e. The fourth-order valence-electron chi connectivity index (χ4n) is 2.80. The van der Waals surface area contributed by atoms with Gasteiger partial charge in [0, 0.05) is 17.6 Å². The Bertz CT molecular complexity index is 1160. The van der Waals surface area contributed by atoms with E-state index in [1.54, 1.807) is 0 Å². The molecule has 0 spiro atoms. The topological polar surface area (TPSA) is 34.4 Å². The largest absolute Gasteiger partial charge is 0.319 e. The highest BCUT2D eigenvalue weighted by molar-refractivity contribution is 7.16. The molecule has 0 fully saturated rings. The van der Waals surface area contributed by atoms with E-state index >= 15 is 0 Å². The summed E-state index contributed by atoms with van der Waals surface area (Å²) in [5.74, 6) is -0.252. The Balaban J connectivity index is 1.68. The van der Waals surface area contributed by atoms with Gasteiger partial charge in [-0.1, -0.05) is 65.4 Å². The van der Waals surface area contributed by atoms with E-state index in [1.807, 2.05) is 84.4 Å². The lowest BCUT2D eigenvalue weighted by Crippen LogP contribution is -2.13. The Kier molecular flexibility index (Phi) is 4.45. The fraction of sp³-hybridized carbons (Fsp3) is 0.0476. The zero-order valence-electron chi connectivity index (χ0n) is 14.0. The van der Waals surface area contributed by atoms with Gasteiger partial charge in [-0.25, -0.2) is 0 Å². The molecule has 4 rings (SSSR count). The summed E-state index contributed by atoms with van der Waals surface area (Å²) in [5, 5.41) is 0.675. The standard InChI is InChI=1S/C21H15ClN2OS/c1-24-18-12-11-17(22)13-19(18)26-21(24)23-20(25)16-9-7-15(8-10-16)14-5-3-2-4-6-14/h2-13H,1H3. The number of carbonyl (C=O) groups is 1. The second-order valence-corrected chi connectivity index (χ2v) is 7.36. The number of benzene rings is 3. The second kappa shape index (κ2) is 6.90. The third kappa shape index (κ3) is 3.21. The Labute approximate surface area is 159 Å². The van der Waals surface area contributed by atoms with Crippen LogP contribution in [0.4, 0.5) is 0 Å². The lowest BCUT2D eigenvalue weighted by Gasteiger charge is -2.02. The minimum absolute atomic E-state index is 0.252. The molecule has 128 valence electrons. The summed E-state index contributed by atoms with van der Waals surface area (Å²) in [4.78, 5) is 17.5. The first-order valence-electron chi connectivity index (χ1n) is 8.11. The molecule has 0 aliphatic carbocycles. The molecule has 0 N–H and O–H groups in total. The molecule has 0 atom stereocenters. The summed E-state index contributed by atoms with van der Waals surface area (Å²) in [6.07, 6.45) is 0. The van der Waals surface area contributed by atoms with Gasteiger partial charge in [-0.3, -0.25) is 4.79 Å². The molecule has 0 bridgehead atoms. The monoisotopic (exact) mass is 378 g/mol. The average Bonchev–Trinajstić information content (AvgIpc) is 2.97. The van der Waals surface area contributed by atoms with Crippen LogP contribution >= 0.6 is 22.9 Å². The molecule has 26 heavy (non-hydrogen) atoms. The maximum atomic E-state index is 12.6. The van der Waals surface area contributed by atoms with Gasteiger partial charge >= 0.3 is 0 Å². The van der Waals surface area contributed by atoms with Crippen LogP contribution in [0.2, 0.25) is 5.02 Å². The summed E-state index contributed by atoms with van der Waals surface area (Å²) in [7, 11) is 1.90. The number of fused-ring (bicyclic) bond motifs is 1. The van der Waals surface area contributed by atoms with Crippen LogP contribution in [0.3, 0.4) is 0 Å². The highest BCUT2D eigenvalue weighted by Crippen LogP contribution is 2.22. The number of hydrogen-bond donors (Lipinski definition) is 0. The van der Waals surface area contributed by atoms with Crippen molar-refractivity contribution in [2.75, 3.05) is 0 Å². The number of rotatable bonds is 2. The van der Waals surface area contributed by atoms with E-state index in [1.165, 1.54) is 11.3 Å². The van der Waals surface area contributed by atoms with E-state index in [0.29, 0.717) is 15.4 Å². The summed E-state index contributed by atoms with van der Waals surface area (Å²) >= 11 is 7.50. The summed E-state index contributed by atoms with van der Waals surface area (Å²) in [6.45, 7) is 0. The number of halogens is 1. The lowest BCUT2D eigenvalue weighted by molar-refractivity contribution is 0.0998. The predicted octanol–water partition coefficient (Wildman–Crippen LogP) is 5.30. The van der Waals surface area contributed by atoms with Crippen molar-refractivity contribution in [1.82, 2.24) is 4.57 Å². The van der Waals surface area contributed by atoms with Crippen LogP contribution in [0.1, 0.15) is 10.4 Å². The number of hydrogen-bond acceptors (Lipinski definition) is 2. The first kappa shape index (κ1) is 16.8. The van der Waals surface area contributed by atoms with Crippen molar-refractivity contribution in [3.63, 3.8) is 0 Å². The zero-order chi connectivity index (χ0) is 18.1. The molecular weight excluding hydrogens is 364 g/mol. The SMILES string of the molecule is Cn1c(=NC(=O)c2ccc(-c3ccccc3)cc2)sc2cc(Cl)ccc21. The van der Waals surface area contributed by atoms with Crippen molar-refractivity contribution in [2.24, 2.45) is 12.0 Å². The molecule has 0 aliphatic heterocycles. The third-order valence-corrected chi connectivity index (χ3v) is 5.54. The van der Waals surface area contributed by atoms with Gasteiger partial charge < -0.3 is 4.57 Å². The van der Waals surface area contributed by atoms with Crippen LogP contribution in [0.15, 0.2) is 77.8 Å². The van der Waals surface area contributed by atoms with Crippen molar-refractivity contribution in [3.05, 3.63) is 88.2 Å². The fourth-order valence-corrected chi connectivity index (χ4v) is 4.09. The third-order valence-electron chi connectivity index (χ3n) is 4.21. The molecule has 3 nitrogen and oxygen atoms in total. The molecule has 1 aromatic heterocycles. The van der Waals surface area contributed by atoms with Gasteiger partial charge in [-0.2, -0.15) is 4.99 Å². The number of amides is 1.